The van der Waals surface area contributed by atoms with Crippen molar-refractivity contribution in [2.24, 2.45) is 5.92 Å². The van der Waals surface area contributed by atoms with E-state index in [4.69, 9.17) is 4.74 Å². The van der Waals surface area contributed by atoms with Gasteiger partial charge in [0, 0.05) is 4.47 Å². The van der Waals surface area contributed by atoms with Crippen LogP contribution in [0.3, 0.4) is 0 Å². The minimum atomic E-state index is -1.71. The first-order valence-corrected chi connectivity index (χ1v) is 10.3. The maximum absolute atomic E-state index is 13.5. The molecule has 2 heterocycles. The van der Waals surface area contributed by atoms with Crippen LogP contribution in [0.1, 0.15) is 24.1 Å². The summed E-state index contributed by atoms with van der Waals surface area (Å²) in [5.74, 6) is -0.528. The van der Waals surface area contributed by atoms with Crippen molar-refractivity contribution in [3.05, 3.63) is 70.3 Å². The number of anilines is 2. The topological polar surface area (TPSA) is 112 Å². The van der Waals surface area contributed by atoms with Crippen LogP contribution in [0, 0.1) is 17.2 Å². The van der Waals surface area contributed by atoms with Crippen molar-refractivity contribution in [1.29, 1.82) is 5.26 Å². The Kier molecular flexibility index (Phi) is 5.43. The lowest BCUT2D eigenvalue weighted by Crippen LogP contribution is -2.53. The first-order chi connectivity index (χ1) is 14.9. The molecule has 31 heavy (non-hydrogen) atoms. The number of benzene rings is 2. The van der Waals surface area contributed by atoms with Gasteiger partial charge in [-0.15, -0.1) is 0 Å². The molecule has 1 aliphatic rings. The Hall–Kier alpha value is -3.35. The van der Waals surface area contributed by atoms with Gasteiger partial charge in [-0.2, -0.15) is 10.4 Å². The average Bonchev–Trinajstić information content (AvgIpc) is 3.18. The fourth-order valence-electron chi connectivity index (χ4n) is 3.89. The highest BCUT2D eigenvalue weighted by molar-refractivity contribution is 9.10. The third kappa shape index (κ3) is 3.65. The Morgan fingerprint density at radius 1 is 1.32 bits per heavy atom. The van der Waals surface area contributed by atoms with Gasteiger partial charge in [0.05, 0.1) is 25.0 Å². The summed E-state index contributed by atoms with van der Waals surface area (Å²) in [6, 6.07) is 15.9. The van der Waals surface area contributed by atoms with Crippen LogP contribution in [0.4, 0.5) is 11.5 Å². The normalized spacial score (nSPS) is 22.0. The molecule has 3 N–H and O–H groups in total. The third-order valence-corrected chi connectivity index (χ3v) is 5.94. The molecule has 1 amide bonds. The highest BCUT2D eigenvalue weighted by Gasteiger charge is 2.50. The van der Waals surface area contributed by atoms with Crippen molar-refractivity contribution >= 4 is 33.3 Å². The van der Waals surface area contributed by atoms with E-state index in [9.17, 15) is 15.2 Å². The molecule has 2 aromatic carbocycles. The summed E-state index contributed by atoms with van der Waals surface area (Å²) in [7, 11) is 1.52. The Labute approximate surface area is 187 Å². The molecule has 158 valence electrons. The van der Waals surface area contributed by atoms with E-state index in [1.165, 1.54) is 24.9 Å². The van der Waals surface area contributed by atoms with Crippen LogP contribution in [-0.2, 0) is 10.5 Å². The maximum atomic E-state index is 13.5. The molecule has 0 spiro atoms. The first-order valence-electron chi connectivity index (χ1n) is 9.53. The van der Waals surface area contributed by atoms with Crippen molar-refractivity contribution in [3.63, 3.8) is 0 Å². The molecule has 0 saturated carbocycles. The molecule has 0 fully saturated rings. The maximum Gasteiger partial charge on any atom is 0.234 e. The number of carbonyl (C=O) groups is 1. The molecule has 3 aromatic rings. The van der Waals surface area contributed by atoms with E-state index in [1.807, 2.05) is 24.3 Å². The van der Waals surface area contributed by atoms with Crippen molar-refractivity contribution in [1.82, 2.24) is 9.78 Å². The zero-order valence-electron chi connectivity index (χ0n) is 16.8. The summed E-state index contributed by atoms with van der Waals surface area (Å²) in [6.45, 7) is 1.52. The summed E-state index contributed by atoms with van der Waals surface area (Å²) in [4.78, 5) is 13.5. The van der Waals surface area contributed by atoms with Crippen molar-refractivity contribution < 1.29 is 14.6 Å². The molecule has 4 rings (SSSR count). The minimum Gasteiger partial charge on any atom is -0.495 e. The number of amides is 1. The van der Waals surface area contributed by atoms with Gasteiger partial charge in [-0.1, -0.05) is 40.2 Å². The lowest BCUT2D eigenvalue weighted by Gasteiger charge is -2.43. The van der Waals surface area contributed by atoms with Crippen molar-refractivity contribution in [2.45, 2.75) is 18.7 Å². The summed E-state index contributed by atoms with van der Waals surface area (Å²) in [6.07, 6.45) is 1.37. The number of nitriles is 1. The first kappa shape index (κ1) is 20.9. The number of aliphatic hydroxyl groups is 1. The van der Waals surface area contributed by atoms with Crippen LogP contribution in [0.15, 0.2) is 59.2 Å². The second kappa shape index (κ2) is 8.06. The molecule has 0 bridgehead atoms. The Balaban J connectivity index is 1.80. The SMILES string of the molecule is COc1ccccc1NC(=O)[C@@H]1[C@H](c2ccc(Br)cc2)Nc2c(C#N)cnn2[C@@]1(C)O. The highest BCUT2D eigenvalue weighted by Crippen LogP contribution is 2.44. The number of hydrogen-bond acceptors (Lipinski definition) is 6. The molecule has 8 nitrogen and oxygen atoms in total. The average molecular weight is 482 g/mol. The van der Waals surface area contributed by atoms with Crippen LogP contribution in [0.2, 0.25) is 0 Å². The van der Waals surface area contributed by atoms with Crippen LogP contribution in [-0.4, -0.2) is 27.9 Å². The zero-order chi connectivity index (χ0) is 22.2. The van der Waals surface area contributed by atoms with Gasteiger partial charge < -0.3 is 20.5 Å². The monoisotopic (exact) mass is 481 g/mol. The van der Waals surface area contributed by atoms with Gasteiger partial charge in [-0.3, -0.25) is 4.79 Å². The number of hydrogen-bond donors (Lipinski definition) is 3. The number of aromatic nitrogens is 2. The number of rotatable bonds is 4. The Bertz CT molecular complexity index is 1170. The van der Waals surface area contributed by atoms with Gasteiger partial charge in [0.15, 0.2) is 5.72 Å². The van der Waals surface area contributed by atoms with Gasteiger partial charge in [0.25, 0.3) is 0 Å². The fraction of sp³-hybridized carbons (Fsp3) is 0.227. The second-order valence-corrected chi connectivity index (χ2v) is 8.28. The predicted molar refractivity (Wildman–Crippen MR) is 118 cm³/mol. The van der Waals surface area contributed by atoms with E-state index in [1.54, 1.807) is 24.3 Å². The molecule has 0 aliphatic carbocycles. The number of methoxy groups -OCH3 is 1. The fourth-order valence-corrected chi connectivity index (χ4v) is 4.16. The van der Waals surface area contributed by atoms with Crippen LogP contribution < -0.4 is 15.4 Å². The molecule has 0 saturated heterocycles. The Morgan fingerprint density at radius 2 is 2.03 bits per heavy atom. The van der Waals surface area contributed by atoms with Gasteiger partial charge in [-0.25, -0.2) is 4.68 Å². The van der Waals surface area contributed by atoms with E-state index in [0.717, 1.165) is 10.0 Å². The predicted octanol–water partition coefficient (Wildman–Crippen LogP) is 3.61. The van der Waals surface area contributed by atoms with Gasteiger partial charge in [0.1, 0.15) is 29.1 Å². The molecule has 3 atom stereocenters. The van der Waals surface area contributed by atoms with Gasteiger partial charge in [-0.05, 0) is 36.8 Å². The zero-order valence-corrected chi connectivity index (χ0v) is 18.4. The second-order valence-electron chi connectivity index (χ2n) is 7.37. The minimum absolute atomic E-state index is 0.283. The lowest BCUT2D eigenvalue weighted by molar-refractivity contribution is -0.143. The highest BCUT2D eigenvalue weighted by atomic mass is 79.9. The number of para-hydroxylation sites is 2. The molecule has 9 heteroatoms. The molecular weight excluding hydrogens is 462 g/mol. The molecule has 1 aromatic heterocycles. The quantitative estimate of drug-likeness (QED) is 0.524. The largest absolute Gasteiger partial charge is 0.495 e. The number of nitrogens with one attached hydrogen (secondary N) is 2. The summed E-state index contributed by atoms with van der Waals surface area (Å²) in [5.41, 5.74) is -0.158. The molecule has 0 unspecified atom stereocenters. The number of carbonyl (C=O) groups excluding carboxylic acids is 1. The lowest BCUT2D eigenvalue weighted by atomic mass is 9.82. The van der Waals surface area contributed by atoms with Crippen LogP contribution in [0.25, 0.3) is 0 Å². The number of halogens is 1. The summed E-state index contributed by atoms with van der Waals surface area (Å²) >= 11 is 3.42. The smallest absolute Gasteiger partial charge is 0.234 e. The number of fused-ring (bicyclic) bond motifs is 1. The Morgan fingerprint density at radius 3 is 2.71 bits per heavy atom. The standard InChI is InChI=1S/C22H20BrN5O3/c1-22(30)18(21(29)26-16-5-3-4-6-17(16)31-2)19(13-7-9-15(23)10-8-13)27-20-14(11-24)12-25-28(20)22/h3-10,12,18-19,27,30H,1-2H3,(H,26,29)/t18-,19-,22-/m0/s1. The van der Waals surface area contributed by atoms with Crippen LogP contribution in [0.5, 0.6) is 5.75 Å². The third-order valence-electron chi connectivity index (χ3n) is 5.41. The van der Waals surface area contributed by atoms with Crippen molar-refractivity contribution in [2.75, 3.05) is 17.7 Å². The van der Waals surface area contributed by atoms with E-state index in [-0.39, 0.29) is 5.56 Å². The van der Waals surface area contributed by atoms with Gasteiger partial charge >= 0.3 is 0 Å². The van der Waals surface area contributed by atoms with E-state index < -0.39 is 23.6 Å². The number of ether oxygens (including phenoxy) is 1. The van der Waals surface area contributed by atoms with Crippen LogP contribution >= 0.6 is 15.9 Å². The van der Waals surface area contributed by atoms with Gasteiger partial charge in [0.2, 0.25) is 5.91 Å². The molecule has 0 radical (unpaired) electrons. The summed E-state index contributed by atoms with van der Waals surface area (Å²) < 4.78 is 7.50. The molecule has 1 aliphatic heterocycles. The van der Waals surface area contributed by atoms with E-state index in [2.05, 4.69) is 37.7 Å². The molecular formula is C22H20BrN5O3. The van der Waals surface area contributed by atoms with E-state index in [0.29, 0.717) is 17.3 Å². The number of nitrogens with zero attached hydrogens (tertiary/aromatic N) is 3. The summed E-state index contributed by atoms with van der Waals surface area (Å²) in [5, 5.41) is 31.2. The van der Waals surface area contributed by atoms with E-state index >= 15 is 0 Å². The van der Waals surface area contributed by atoms with Crippen molar-refractivity contribution in [3.8, 4) is 11.8 Å².